The van der Waals surface area contributed by atoms with Crippen molar-refractivity contribution in [2.75, 3.05) is 13.6 Å². The maximum absolute atomic E-state index is 13.2. The number of hydrogen-bond acceptors (Lipinski definition) is 11. The zero-order valence-electron chi connectivity index (χ0n) is 20.6. The molecule has 1 aromatic carbocycles. The highest BCUT2D eigenvalue weighted by Crippen LogP contribution is 2.66. The summed E-state index contributed by atoms with van der Waals surface area (Å²) in [5, 5.41) is 28.9. The minimum Gasteiger partial charge on any atom is -0.504 e. The SMILES string of the molecule is CN1CC[C@]23c4c5ccc(O)c4O[C@H]2C(OC(=O)C(N)CC(=O)O)=CC[C@@]3(OC(=O)C(N)CC(=O)O)[C@H]1C5. The van der Waals surface area contributed by atoms with E-state index in [1.165, 1.54) is 6.07 Å². The lowest BCUT2D eigenvalue weighted by molar-refractivity contribution is -0.207. The Hall–Kier alpha value is -3.68. The van der Waals surface area contributed by atoms with Gasteiger partial charge in [-0.05, 0) is 44.1 Å². The van der Waals surface area contributed by atoms with Crippen molar-refractivity contribution in [3.8, 4) is 11.5 Å². The summed E-state index contributed by atoms with van der Waals surface area (Å²) in [7, 11) is 1.89. The number of nitrogens with two attached hydrogens (primary N) is 2. The number of rotatable bonds is 8. The molecule has 0 saturated carbocycles. The Labute approximate surface area is 216 Å². The van der Waals surface area contributed by atoms with Crippen LogP contribution in [-0.2, 0) is 40.5 Å². The van der Waals surface area contributed by atoms with Crippen molar-refractivity contribution in [1.29, 1.82) is 0 Å². The fourth-order valence-electron chi connectivity index (χ4n) is 6.60. The van der Waals surface area contributed by atoms with Crippen LogP contribution >= 0.6 is 0 Å². The van der Waals surface area contributed by atoms with Crippen molar-refractivity contribution in [1.82, 2.24) is 4.90 Å². The molecule has 2 bridgehead atoms. The van der Waals surface area contributed by atoms with Crippen LogP contribution in [0.3, 0.4) is 0 Å². The second kappa shape index (κ2) is 8.96. The molecule has 4 aliphatic rings. The zero-order chi connectivity index (χ0) is 27.6. The number of hydrogen-bond donors (Lipinski definition) is 5. The Kier molecular flexibility index (Phi) is 6.12. The molecule has 5 rings (SSSR count). The van der Waals surface area contributed by atoms with Crippen molar-refractivity contribution in [2.45, 2.75) is 67.3 Å². The van der Waals surface area contributed by atoms with Crippen LogP contribution in [0.2, 0.25) is 0 Å². The van der Waals surface area contributed by atoms with Crippen molar-refractivity contribution >= 4 is 23.9 Å². The van der Waals surface area contributed by atoms with Gasteiger partial charge in [-0.3, -0.25) is 19.3 Å². The molecule has 13 heteroatoms. The highest BCUT2D eigenvalue weighted by molar-refractivity contribution is 5.83. The molecule has 0 aromatic heterocycles. The number of carboxylic acid groups (broad SMARTS) is 2. The highest BCUT2D eigenvalue weighted by atomic mass is 16.6. The van der Waals surface area contributed by atoms with Gasteiger partial charge >= 0.3 is 23.9 Å². The number of esters is 2. The summed E-state index contributed by atoms with van der Waals surface area (Å²) >= 11 is 0. The number of aliphatic carboxylic acids is 2. The molecule has 2 aliphatic carbocycles. The molecule has 1 fully saturated rings. The van der Waals surface area contributed by atoms with Crippen molar-refractivity contribution in [3.63, 3.8) is 0 Å². The number of phenolic OH excluding ortho intramolecular Hbond substituents is 1. The fourth-order valence-corrected chi connectivity index (χ4v) is 6.60. The summed E-state index contributed by atoms with van der Waals surface area (Å²) in [4.78, 5) is 50.2. The van der Waals surface area contributed by atoms with Crippen LogP contribution in [0, 0.1) is 0 Å². The van der Waals surface area contributed by atoms with Gasteiger partial charge in [0.1, 0.15) is 23.4 Å². The molecule has 2 unspecified atom stereocenters. The smallest absolute Gasteiger partial charge is 0.328 e. The van der Waals surface area contributed by atoms with E-state index in [9.17, 15) is 24.3 Å². The van der Waals surface area contributed by atoms with Gasteiger partial charge in [0.05, 0.1) is 24.3 Å². The van der Waals surface area contributed by atoms with Crippen LogP contribution in [0.25, 0.3) is 0 Å². The van der Waals surface area contributed by atoms with Gasteiger partial charge in [0.25, 0.3) is 0 Å². The molecule has 0 radical (unpaired) electrons. The summed E-state index contributed by atoms with van der Waals surface area (Å²) in [5.74, 6) is -4.25. The Morgan fingerprint density at radius 2 is 1.79 bits per heavy atom. The number of carbonyl (C=O) groups excluding carboxylic acids is 2. The average molecular weight is 532 g/mol. The van der Waals surface area contributed by atoms with E-state index < -0.39 is 65.9 Å². The zero-order valence-corrected chi connectivity index (χ0v) is 20.6. The first-order valence-corrected chi connectivity index (χ1v) is 12.2. The fraction of sp³-hybridized carbons (Fsp3) is 0.520. The lowest BCUT2D eigenvalue weighted by Crippen LogP contribution is -2.76. The second-order valence-electron chi connectivity index (χ2n) is 10.3. The third kappa shape index (κ3) is 3.64. The van der Waals surface area contributed by atoms with E-state index in [1.54, 1.807) is 12.1 Å². The lowest BCUT2D eigenvalue weighted by atomic mass is 9.50. The molecule has 38 heavy (non-hydrogen) atoms. The molecule has 2 heterocycles. The third-order valence-corrected chi connectivity index (χ3v) is 8.21. The molecule has 7 N–H and O–H groups in total. The quantitative estimate of drug-likeness (QED) is 0.265. The van der Waals surface area contributed by atoms with Gasteiger partial charge in [-0.15, -0.1) is 0 Å². The lowest BCUT2D eigenvalue weighted by Gasteiger charge is -2.62. The van der Waals surface area contributed by atoms with Gasteiger partial charge in [0, 0.05) is 12.0 Å². The van der Waals surface area contributed by atoms with Crippen LogP contribution < -0.4 is 16.2 Å². The number of carbonyl (C=O) groups is 4. The average Bonchev–Trinajstić information content (AvgIpc) is 3.19. The molecule has 2 aliphatic heterocycles. The van der Waals surface area contributed by atoms with Gasteiger partial charge in [0.15, 0.2) is 17.6 Å². The number of likely N-dealkylation sites (tertiary alicyclic amines) is 1. The number of phenols is 1. The van der Waals surface area contributed by atoms with E-state index in [0.717, 1.165) is 5.56 Å². The molecule has 13 nitrogen and oxygen atoms in total. The first kappa shape index (κ1) is 25.9. The minimum atomic E-state index is -1.42. The topological polar surface area (TPSA) is 212 Å². The number of benzene rings is 1. The highest BCUT2D eigenvalue weighted by Gasteiger charge is 2.74. The molecular formula is C25H29N3O10. The first-order valence-electron chi connectivity index (χ1n) is 12.2. The van der Waals surface area contributed by atoms with E-state index in [0.29, 0.717) is 24.9 Å². The summed E-state index contributed by atoms with van der Waals surface area (Å²) in [6, 6.07) is 0.0931. The largest absolute Gasteiger partial charge is 0.504 e. The number of carboxylic acids is 2. The molecule has 1 spiro atoms. The number of aromatic hydroxyl groups is 1. The summed E-state index contributed by atoms with van der Waals surface area (Å²) in [5.41, 5.74) is 10.7. The standard InChI is InChI=1S/C25H29N3O10/c1-28-7-6-24-19-11-2-3-14(29)20(19)37-21(24)15(36-22(34)12(26)9-17(30)31)4-5-25(24,16(28)8-11)38-23(35)13(27)10-18(32)33/h2-4,12-13,16,21,29H,5-10,26-27H2,1H3,(H,30,31)(H,32,33)/t12?,13?,16-,21+,24+,25-/m1/s1. The molecule has 6 atom stereocenters. The normalized spacial score (nSPS) is 30.2. The minimum absolute atomic E-state index is 0.0682. The Morgan fingerprint density at radius 1 is 1.13 bits per heavy atom. The van der Waals surface area contributed by atoms with Crippen LogP contribution in [0.4, 0.5) is 0 Å². The van der Waals surface area contributed by atoms with Gasteiger partial charge in [-0.2, -0.15) is 0 Å². The van der Waals surface area contributed by atoms with Crippen LogP contribution in [0.15, 0.2) is 24.0 Å². The van der Waals surface area contributed by atoms with E-state index in [1.807, 2.05) is 7.05 Å². The van der Waals surface area contributed by atoms with Gasteiger partial charge in [0.2, 0.25) is 0 Å². The van der Waals surface area contributed by atoms with Crippen LogP contribution in [0.5, 0.6) is 11.5 Å². The monoisotopic (exact) mass is 531 g/mol. The maximum atomic E-state index is 13.2. The molecular weight excluding hydrogens is 502 g/mol. The van der Waals surface area contributed by atoms with E-state index >= 15 is 0 Å². The Balaban J connectivity index is 1.63. The van der Waals surface area contributed by atoms with Crippen molar-refractivity contribution in [3.05, 3.63) is 35.1 Å². The number of likely N-dealkylation sites (N-methyl/N-ethyl adjacent to an activating group) is 1. The van der Waals surface area contributed by atoms with E-state index in [2.05, 4.69) is 4.90 Å². The van der Waals surface area contributed by atoms with Crippen LogP contribution in [-0.4, -0.2) is 87.5 Å². The predicted molar refractivity (Wildman–Crippen MR) is 127 cm³/mol. The molecule has 1 saturated heterocycles. The van der Waals surface area contributed by atoms with Gasteiger partial charge in [-0.25, -0.2) is 4.79 Å². The van der Waals surface area contributed by atoms with Crippen LogP contribution in [0.1, 0.15) is 36.8 Å². The number of piperidine rings is 1. The Bertz CT molecular complexity index is 1260. The summed E-state index contributed by atoms with van der Waals surface area (Å²) in [6.07, 6.45) is 0.174. The Morgan fingerprint density at radius 3 is 2.45 bits per heavy atom. The predicted octanol–water partition coefficient (Wildman–Crippen LogP) is -0.632. The van der Waals surface area contributed by atoms with E-state index in [4.69, 9.17) is 35.9 Å². The summed E-state index contributed by atoms with van der Waals surface area (Å²) < 4.78 is 18.1. The molecule has 0 amide bonds. The third-order valence-electron chi connectivity index (χ3n) is 8.21. The van der Waals surface area contributed by atoms with Crippen molar-refractivity contribution in [2.24, 2.45) is 11.5 Å². The van der Waals surface area contributed by atoms with E-state index in [-0.39, 0.29) is 29.7 Å². The molecule has 204 valence electrons. The summed E-state index contributed by atoms with van der Waals surface area (Å²) in [6.45, 7) is 0.555. The maximum Gasteiger partial charge on any atom is 0.328 e. The first-order chi connectivity index (χ1) is 17.9. The second-order valence-corrected chi connectivity index (χ2v) is 10.3. The van der Waals surface area contributed by atoms with Gasteiger partial charge < -0.3 is 41.0 Å². The molecule has 1 aromatic rings. The number of nitrogens with zero attached hydrogens (tertiary/aromatic N) is 1. The van der Waals surface area contributed by atoms with Crippen molar-refractivity contribution < 1.29 is 48.7 Å². The van der Waals surface area contributed by atoms with Gasteiger partial charge in [-0.1, -0.05) is 6.07 Å². The number of ether oxygens (including phenoxy) is 3.